The summed E-state index contributed by atoms with van der Waals surface area (Å²) in [6.45, 7) is 3.38. The summed E-state index contributed by atoms with van der Waals surface area (Å²) in [4.78, 5) is 26.6. The molecule has 0 fully saturated rings. The maximum absolute atomic E-state index is 12.2. The van der Waals surface area contributed by atoms with Crippen molar-refractivity contribution in [1.82, 2.24) is 24.5 Å². The smallest absolute Gasteiger partial charge is 0.312 e. The molecule has 10 heteroatoms. The number of rotatable bonds is 5. The lowest BCUT2D eigenvalue weighted by atomic mass is 10.3. The van der Waals surface area contributed by atoms with Gasteiger partial charge in [-0.1, -0.05) is 0 Å². The van der Waals surface area contributed by atoms with Crippen molar-refractivity contribution in [3.05, 3.63) is 64.0 Å². The van der Waals surface area contributed by atoms with Gasteiger partial charge in [-0.05, 0) is 32.0 Å². The first-order valence-corrected chi connectivity index (χ1v) is 7.39. The van der Waals surface area contributed by atoms with Crippen molar-refractivity contribution in [2.45, 2.75) is 20.5 Å². The highest BCUT2D eigenvalue weighted by atomic mass is 16.6. The highest BCUT2D eigenvalue weighted by Crippen LogP contribution is 2.21. The number of carbonyl (C=O) groups excluding carboxylic acids is 1. The summed E-state index contributed by atoms with van der Waals surface area (Å²) in [5, 5.41) is 22.1. The van der Waals surface area contributed by atoms with Crippen LogP contribution < -0.4 is 5.32 Å². The number of hydrogen-bond acceptors (Lipinski definition) is 6. The molecule has 0 aliphatic rings. The summed E-state index contributed by atoms with van der Waals surface area (Å²) < 4.78 is 2.97. The Morgan fingerprint density at radius 1 is 1.24 bits per heavy atom. The van der Waals surface area contributed by atoms with Gasteiger partial charge in [0.25, 0.3) is 5.91 Å². The molecule has 0 unspecified atom stereocenters. The molecule has 0 aliphatic carbocycles. The van der Waals surface area contributed by atoms with E-state index in [1.165, 1.54) is 9.36 Å². The van der Waals surface area contributed by atoms with Crippen LogP contribution in [0.25, 0.3) is 0 Å². The minimum atomic E-state index is -0.454. The van der Waals surface area contributed by atoms with Crippen LogP contribution in [-0.2, 0) is 6.67 Å². The van der Waals surface area contributed by atoms with E-state index in [0.717, 1.165) is 0 Å². The molecule has 0 radical (unpaired) electrons. The van der Waals surface area contributed by atoms with Gasteiger partial charge >= 0.3 is 5.69 Å². The highest BCUT2D eigenvalue weighted by molar-refractivity contribution is 6.02. The van der Waals surface area contributed by atoms with E-state index in [4.69, 9.17) is 0 Å². The van der Waals surface area contributed by atoms with Crippen LogP contribution in [0, 0.1) is 24.0 Å². The number of aromatic nitrogens is 5. The van der Waals surface area contributed by atoms with Crippen molar-refractivity contribution in [2.75, 3.05) is 5.32 Å². The highest BCUT2D eigenvalue weighted by Gasteiger charge is 2.22. The van der Waals surface area contributed by atoms with Crippen molar-refractivity contribution < 1.29 is 9.72 Å². The summed E-state index contributed by atoms with van der Waals surface area (Å²) in [6, 6.07) is 4.91. The second kappa shape index (κ2) is 6.51. The Kier molecular flexibility index (Phi) is 4.25. The topological polar surface area (TPSA) is 121 Å². The van der Waals surface area contributed by atoms with Gasteiger partial charge in [-0.3, -0.25) is 24.6 Å². The third-order valence-corrected chi connectivity index (χ3v) is 3.62. The maximum Gasteiger partial charge on any atom is 0.312 e. The molecule has 0 aliphatic heterocycles. The summed E-state index contributed by atoms with van der Waals surface area (Å²) in [6.07, 6.45) is 4.76. The number of nitrogens with zero attached hydrogens (tertiary/aromatic N) is 6. The number of anilines is 1. The van der Waals surface area contributed by atoms with Crippen molar-refractivity contribution in [3.8, 4) is 0 Å². The van der Waals surface area contributed by atoms with Crippen LogP contribution >= 0.6 is 0 Å². The van der Waals surface area contributed by atoms with E-state index in [-0.39, 0.29) is 24.0 Å². The van der Waals surface area contributed by atoms with Gasteiger partial charge in [0.1, 0.15) is 18.1 Å². The summed E-state index contributed by atoms with van der Waals surface area (Å²) in [7, 11) is 0. The van der Waals surface area contributed by atoms with Crippen LogP contribution in [0.5, 0.6) is 0 Å². The Morgan fingerprint density at radius 2 is 1.96 bits per heavy atom. The van der Waals surface area contributed by atoms with E-state index in [1.54, 1.807) is 50.6 Å². The number of nitrogens with one attached hydrogen (secondary N) is 1. The fraction of sp³-hybridized carbons (Fsp3) is 0.200. The lowest BCUT2D eigenvalue weighted by Crippen LogP contribution is -2.15. The van der Waals surface area contributed by atoms with Gasteiger partial charge in [0.15, 0.2) is 5.69 Å². The average molecular weight is 341 g/mol. The number of amides is 1. The van der Waals surface area contributed by atoms with Crippen LogP contribution in [0.1, 0.15) is 21.9 Å². The predicted molar refractivity (Wildman–Crippen MR) is 88.2 cm³/mol. The molecule has 3 rings (SSSR count). The molecule has 0 spiro atoms. The Morgan fingerprint density at radius 3 is 2.60 bits per heavy atom. The van der Waals surface area contributed by atoms with E-state index in [0.29, 0.717) is 17.1 Å². The number of pyridine rings is 1. The Labute approximate surface area is 142 Å². The van der Waals surface area contributed by atoms with Gasteiger partial charge in [0.05, 0.1) is 4.92 Å². The fourth-order valence-electron chi connectivity index (χ4n) is 2.42. The Hall–Kier alpha value is -3.56. The van der Waals surface area contributed by atoms with Crippen molar-refractivity contribution >= 4 is 17.3 Å². The fourth-order valence-corrected chi connectivity index (χ4v) is 2.42. The third-order valence-electron chi connectivity index (χ3n) is 3.62. The molecule has 1 N–H and O–H groups in total. The number of hydrogen-bond donors (Lipinski definition) is 1. The zero-order valence-electron chi connectivity index (χ0n) is 13.6. The van der Waals surface area contributed by atoms with Gasteiger partial charge in [-0.15, -0.1) is 0 Å². The van der Waals surface area contributed by atoms with E-state index in [2.05, 4.69) is 20.5 Å². The van der Waals surface area contributed by atoms with Crippen LogP contribution in [-0.4, -0.2) is 35.4 Å². The molecule has 0 saturated heterocycles. The molecule has 0 saturated carbocycles. The quantitative estimate of drug-likeness (QED) is 0.557. The van der Waals surface area contributed by atoms with Crippen molar-refractivity contribution in [3.63, 3.8) is 0 Å². The minimum absolute atomic E-state index is 0.0113. The Bertz CT molecular complexity index is 930. The minimum Gasteiger partial charge on any atom is -0.320 e. The predicted octanol–water partition coefficient (Wildman–Crippen LogP) is 1.76. The van der Waals surface area contributed by atoms with Gasteiger partial charge in [0, 0.05) is 24.3 Å². The van der Waals surface area contributed by atoms with Gasteiger partial charge in [0.2, 0.25) is 0 Å². The van der Waals surface area contributed by atoms with E-state index in [1.807, 2.05) is 0 Å². The average Bonchev–Trinajstić information content (AvgIpc) is 3.14. The first-order chi connectivity index (χ1) is 12.0. The largest absolute Gasteiger partial charge is 0.320 e. The molecular formula is C15H15N7O3. The van der Waals surface area contributed by atoms with Crippen molar-refractivity contribution in [1.29, 1.82) is 0 Å². The first-order valence-electron chi connectivity index (χ1n) is 7.39. The molecule has 128 valence electrons. The molecule has 3 aromatic heterocycles. The molecule has 1 amide bonds. The standard InChI is InChI=1S/C15H15N7O3/c1-10-14(22(24)25)11(2)21(18-10)9-20-8-5-13(19-20)15(23)17-12-3-6-16-7-4-12/h3-8H,9H2,1-2H3,(H,16,17,23). The molecule has 3 heterocycles. The third kappa shape index (κ3) is 3.37. The molecule has 10 nitrogen and oxygen atoms in total. The second-order valence-electron chi connectivity index (χ2n) is 5.35. The zero-order chi connectivity index (χ0) is 18.0. The summed E-state index contributed by atoms with van der Waals surface area (Å²) >= 11 is 0. The summed E-state index contributed by atoms with van der Waals surface area (Å²) in [5.74, 6) is -0.357. The normalized spacial score (nSPS) is 10.6. The molecule has 0 bridgehead atoms. The monoisotopic (exact) mass is 341 g/mol. The van der Waals surface area contributed by atoms with Crippen LogP contribution in [0.3, 0.4) is 0 Å². The van der Waals surface area contributed by atoms with Gasteiger partial charge in [-0.2, -0.15) is 10.2 Å². The second-order valence-corrected chi connectivity index (χ2v) is 5.35. The van der Waals surface area contributed by atoms with Crippen LogP contribution in [0.2, 0.25) is 0 Å². The first kappa shape index (κ1) is 16.3. The van der Waals surface area contributed by atoms with Gasteiger partial charge in [-0.25, -0.2) is 4.68 Å². The van der Waals surface area contributed by atoms with E-state index in [9.17, 15) is 14.9 Å². The SMILES string of the molecule is Cc1nn(Cn2ccc(C(=O)Nc3ccncc3)n2)c(C)c1[N+](=O)[O-]. The molecular weight excluding hydrogens is 326 g/mol. The van der Waals surface area contributed by atoms with Gasteiger partial charge < -0.3 is 5.32 Å². The molecule has 25 heavy (non-hydrogen) atoms. The maximum atomic E-state index is 12.2. The molecule has 0 atom stereocenters. The van der Waals surface area contributed by atoms with E-state index < -0.39 is 4.92 Å². The summed E-state index contributed by atoms with van der Waals surface area (Å²) in [5.41, 5.74) is 1.60. The number of carbonyl (C=O) groups is 1. The lowest BCUT2D eigenvalue weighted by Gasteiger charge is -2.04. The molecule has 3 aromatic rings. The van der Waals surface area contributed by atoms with Crippen LogP contribution in [0.4, 0.5) is 11.4 Å². The Balaban J connectivity index is 1.75. The van der Waals surface area contributed by atoms with Crippen molar-refractivity contribution in [2.24, 2.45) is 0 Å². The van der Waals surface area contributed by atoms with E-state index >= 15 is 0 Å². The lowest BCUT2D eigenvalue weighted by molar-refractivity contribution is -0.386. The zero-order valence-corrected chi connectivity index (χ0v) is 13.6. The number of nitro groups is 1. The number of aryl methyl sites for hydroxylation is 1. The molecule has 0 aromatic carbocycles. The van der Waals surface area contributed by atoms with Crippen LogP contribution in [0.15, 0.2) is 36.8 Å².